The van der Waals surface area contributed by atoms with Crippen molar-refractivity contribution in [1.29, 1.82) is 0 Å². The van der Waals surface area contributed by atoms with Crippen molar-refractivity contribution in [3.05, 3.63) is 66.2 Å². The molecule has 1 unspecified atom stereocenters. The Bertz CT molecular complexity index is 473. The topological polar surface area (TPSA) is 0 Å². The molecule has 0 heterocycles. The summed E-state index contributed by atoms with van der Waals surface area (Å²) in [6, 6.07) is 21.7. The quantitative estimate of drug-likeness (QED) is 0.530. The van der Waals surface area contributed by atoms with E-state index >= 15 is 0 Å². The minimum absolute atomic E-state index is 0.612. The third kappa shape index (κ3) is 3.50. The molecule has 0 aliphatic carbocycles. The predicted molar refractivity (Wildman–Crippen MR) is 84.8 cm³/mol. The van der Waals surface area contributed by atoms with Gasteiger partial charge in [-0.1, -0.05) is 68.2 Å². The summed E-state index contributed by atoms with van der Waals surface area (Å²) in [5.74, 6) is 0. The van der Waals surface area contributed by atoms with Crippen LogP contribution in [-0.2, 0) is 0 Å². The van der Waals surface area contributed by atoms with E-state index < -0.39 is 8.07 Å². The van der Waals surface area contributed by atoms with Gasteiger partial charge in [0, 0.05) is 9.77 Å². The van der Waals surface area contributed by atoms with Gasteiger partial charge in [-0.3, -0.25) is 0 Å². The molecular formula is C16H20SSi. The average molecular weight is 272 g/mol. The SMILES string of the molecule is C[Si](C)(C)C(Sc1ccccc1)c1ccccc1. The van der Waals surface area contributed by atoms with Crippen molar-refractivity contribution in [3.63, 3.8) is 0 Å². The monoisotopic (exact) mass is 272 g/mol. The van der Waals surface area contributed by atoms with E-state index in [-0.39, 0.29) is 0 Å². The molecule has 0 amide bonds. The Hall–Kier alpha value is -0.993. The van der Waals surface area contributed by atoms with Crippen molar-refractivity contribution < 1.29 is 0 Å². The maximum Gasteiger partial charge on any atom is 0.0647 e. The average Bonchev–Trinajstić information content (AvgIpc) is 2.37. The molecule has 0 nitrogen and oxygen atoms in total. The number of hydrogen-bond donors (Lipinski definition) is 0. The first-order valence-corrected chi connectivity index (χ1v) is 10.8. The Kier molecular flexibility index (Phi) is 4.30. The van der Waals surface area contributed by atoms with Crippen molar-refractivity contribution in [2.24, 2.45) is 0 Å². The van der Waals surface area contributed by atoms with E-state index in [1.807, 2.05) is 11.8 Å². The maximum atomic E-state index is 2.45. The third-order valence-electron chi connectivity index (χ3n) is 2.89. The molecule has 2 aromatic rings. The zero-order valence-electron chi connectivity index (χ0n) is 11.3. The first kappa shape index (κ1) is 13.4. The maximum absolute atomic E-state index is 2.45. The Morgan fingerprint density at radius 1 is 0.778 bits per heavy atom. The lowest BCUT2D eigenvalue weighted by Gasteiger charge is -2.29. The second-order valence-corrected chi connectivity index (χ2v) is 12.5. The van der Waals surface area contributed by atoms with E-state index in [9.17, 15) is 0 Å². The van der Waals surface area contributed by atoms with Gasteiger partial charge in [0.2, 0.25) is 0 Å². The molecule has 0 spiro atoms. The molecule has 2 heteroatoms. The molecule has 0 bridgehead atoms. The molecule has 18 heavy (non-hydrogen) atoms. The van der Waals surface area contributed by atoms with Gasteiger partial charge in [0.15, 0.2) is 0 Å². The summed E-state index contributed by atoms with van der Waals surface area (Å²) in [4.78, 5) is 1.98. The number of thioether (sulfide) groups is 1. The van der Waals surface area contributed by atoms with Crippen LogP contribution in [0.4, 0.5) is 0 Å². The summed E-state index contributed by atoms with van der Waals surface area (Å²) in [7, 11) is -1.25. The van der Waals surface area contributed by atoms with E-state index in [1.54, 1.807) is 0 Å². The van der Waals surface area contributed by atoms with E-state index in [0.717, 1.165) is 0 Å². The molecule has 0 aliphatic rings. The van der Waals surface area contributed by atoms with Gasteiger partial charge < -0.3 is 0 Å². The van der Waals surface area contributed by atoms with Crippen LogP contribution < -0.4 is 0 Å². The van der Waals surface area contributed by atoms with Gasteiger partial charge in [-0.2, -0.15) is 0 Å². The molecule has 0 saturated heterocycles. The lowest BCUT2D eigenvalue weighted by atomic mass is 10.2. The fourth-order valence-electron chi connectivity index (χ4n) is 2.01. The minimum Gasteiger partial charge on any atom is -0.121 e. The highest BCUT2D eigenvalue weighted by atomic mass is 32.2. The number of rotatable bonds is 4. The van der Waals surface area contributed by atoms with Gasteiger partial charge in [-0.15, -0.1) is 11.8 Å². The number of hydrogen-bond acceptors (Lipinski definition) is 1. The lowest BCUT2D eigenvalue weighted by molar-refractivity contribution is 1.26. The van der Waals surface area contributed by atoms with Crippen molar-refractivity contribution in [2.45, 2.75) is 29.4 Å². The molecule has 2 rings (SSSR count). The van der Waals surface area contributed by atoms with Crippen molar-refractivity contribution in [2.75, 3.05) is 0 Å². The first-order valence-electron chi connectivity index (χ1n) is 6.34. The third-order valence-corrected chi connectivity index (χ3v) is 8.32. The van der Waals surface area contributed by atoms with Gasteiger partial charge in [0.05, 0.1) is 8.07 Å². The highest BCUT2D eigenvalue weighted by molar-refractivity contribution is 8.01. The second kappa shape index (κ2) is 5.76. The molecular weight excluding hydrogens is 252 g/mol. The van der Waals surface area contributed by atoms with Crippen LogP contribution in [0.2, 0.25) is 19.6 Å². The molecule has 0 N–H and O–H groups in total. The van der Waals surface area contributed by atoms with Crippen LogP contribution in [-0.4, -0.2) is 8.07 Å². The van der Waals surface area contributed by atoms with Crippen LogP contribution >= 0.6 is 11.8 Å². The molecule has 0 aliphatic heterocycles. The van der Waals surface area contributed by atoms with E-state index in [2.05, 4.69) is 80.3 Å². The molecule has 94 valence electrons. The summed E-state index contributed by atoms with van der Waals surface area (Å²) in [6.07, 6.45) is 0. The van der Waals surface area contributed by atoms with Gasteiger partial charge in [-0.05, 0) is 17.7 Å². The molecule has 1 atom stereocenters. The van der Waals surface area contributed by atoms with Crippen LogP contribution in [0.5, 0.6) is 0 Å². The summed E-state index contributed by atoms with van der Waals surface area (Å²) in [5.41, 5.74) is 1.46. The zero-order chi connectivity index (χ0) is 13.0. The smallest absolute Gasteiger partial charge is 0.0647 e. The Labute approximate surface area is 115 Å². The fourth-order valence-corrected chi connectivity index (χ4v) is 5.90. The standard InChI is InChI=1S/C16H20SSi/c1-18(2,3)16(14-10-6-4-7-11-14)17-15-12-8-5-9-13-15/h4-13,16H,1-3H3. The lowest BCUT2D eigenvalue weighted by Crippen LogP contribution is -2.28. The Balaban J connectivity index is 2.28. The van der Waals surface area contributed by atoms with E-state index in [0.29, 0.717) is 4.87 Å². The van der Waals surface area contributed by atoms with Crippen LogP contribution in [0, 0.1) is 0 Å². The van der Waals surface area contributed by atoms with Crippen LogP contribution in [0.3, 0.4) is 0 Å². The van der Waals surface area contributed by atoms with Gasteiger partial charge in [0.25, 0.3) is 0 Å². The van der Waals surface area contributed by atoms with Crippen LogP contribution in [0.15, 0.2) is 65.6 Å². The fraction of sp³-hybridized carbons (Fsp3) is 0.250. The van der Waals surface area contributed by atoms with Gasteiger partial charge in [-0.25, -0.2) is 0 Å². The van der Waals surface area contributed by atoms with E-state index in [4.69, 9.17) is 0 Å². The summed E-state index contributed by atoms with van der Waals surface area (Å²) in [5, 5.41) is 0. The highest BCUT2D eigenvalue weighted by Gasteiger charge is 2.28. The normalized spacial score (nSPS) is 13.3. The largest absolute Gasteiger partial charge is 0.121 e. The van der Waals surface area contributed by atoms with Crippen molar-refractivity contribution in [1.82, 2.24) is 0 Å². The molecule has 0 radical (unpaired) electrons. The summed E-state index contributed by atoms with van der Waals surface area (Å²) >= 11 is 2.01. The minimum atomic E-state index is -1.25. The van der Waals surface area contributed by atoms with Crippen molar-refractivity contribution >= 4 is 19.8 Å². The van der Waals surface area contributed by atoms with Gasteiger partial charge in [0.1, 0.15) is 0 Å². The molecule has 2 aromatic carbocycles. The Morgan fingerprint density at radius 3 is 1.78 bits per heavy atom. The van der Waals surface area contributed by atoms with E-state index in [1.165, 1.54) is 10.5 Å². The Morgan fingerprint density at radius 2 is 1.28 bits per heavy atom. The number of benzene rings is 2. The first-order chi connectivity index (χ1) is 8.57. The van der Waals surface area contributed by atoms with Crippen LogP contribution in [0.1, 0.15) is 10.4 Å². The predicted octanol–water partition coefficient (Wildman–Crippen LogP) is 5.40. The molecule has 0 aromatic heterocycles. The molecule has 0 fully saturated rings. The van der Waals surface area contributed by atoms with Crippen molar-refractivity contribution in [3.8, 4) is 0 Å². The summed E-state index contributed by atoms with van der Waals surface area (Å²) < 4.78 is 0. The van der Waals surface area contributed by atoms with Gasteiger partial charge >= 0.3 is 0 Å². The molecule has 0 saturated carbocycles. The van der Waals surface area contributed by atoms with Crippen LogP contribution in [0.25, 0.3) is 0 Å². The summed E-state index contributed by atoms with van der Waals surface area (Å²) in [6.45, 7) is 7.34. The highest BCUT2D eigenvalue weighted by Crippen LogP contribution is 2.41. The zero-order valence-corrected chi connectivity index (χ0v) is 13.1. The second-order valence-electron chi connectivity index (χ2n) is 5.59.